The van der Waals surface area contributed by atoms with Crippen LogP contribution in [0.5, 0.6) is 0 Å². The fraction of sp³-hybridized carbons (Fsp3) is 0.562. The van der Waals surface area contributed by atoms with Gasteiger partial charge in [-0.15, -0.1) is 0 Å². The van der Waals surface area contributed by atoms with Gasteiger partial charge < -0.3 is 15.3 Å². The Morgan fingerprint density at radius 2 is 2.10 bits per heavy atom. The van der Waals surface area contributed by atoms with E-state index in [2.05, 4.69) is 12.2 Å². The van der Waals surface area contributed by atoms with Crippen molar-refractivity contribution in [1.82, 2.24) is 10.2 Å². The van der Waals surface area contributed by atoms with Crippen molar-refractivity contribution < 1.29 is 9.90 Å². The highest BCUT2D eigenvalue weighted by Crippen LogP contribution is 2.29. The van der Waals surface area contributed by atoms with Crippen molar-refractivity contribution in [3.8, 4) is 0 Å². The number of amides is 2. The summed E-state index contributed by atoms with van der Waals surface area (Å²) in [7, 11) is 0. The van der Waals surface area contributed by atoms with Crippen LogP contribution in [0.4, 0.5) is 4.79 Å². The number of hydrogen-bond donors (Lipinski definition) is 2. The van der Waals surface area contributed by atoms with Gasteiger partial charge in [0.2, 0.25) is 0 Å². The van der Waals surface area contributed by atoms with E-state index >= 15 is 0 Å². The number of aliphatic hydroxyl groups is 1. The van der Waals surface area contributed by atoms with E-state index in [0.29, 0.717) is 19.0 Å². The summed E-state index contributed by atoms with van der Waals surface area (Å²) in [4.78, 5) is 14.0. The Morgan fingerprint density at radius 3 is 2.65 bits per heavy atom. The van der Waals surface area contributed by atoms with E-state index in [0.717, 1.165) is 5.56 Å². The van der Waals surface area contributed by atoms with Crippen LogP contribution >= 0.6 is 0 Å². The molecule has 1 aromatic rings. The quantitative estimate of drug-likeness (QED) is 0.838. The maximum atomic E-state index is 12.3. The maximum Gasteiger partial charge on any atom is 0.317 e. The molecule has 2 amide bonds. The van der Waals surface area contributed by atoms with Crippen LogP contribution in [0.2, 0.25) is 0 Å². The van der Waals surface area contributed by atoms with E-state index in [9.17, 15) is 4.79 Å². The second-order valence-electron chi connectivity index (χ2n) is 5.56. The molecule has 2 N–H and O–H groups in total. The molecule has 110 valence electrons. The average molecular weight is 276 g/mol. The Bertz CT molecular complexity index is 418. The minimum absolute atomic E-state index is 0.0158. The van der Waals surface area contributed by atoms with Gasteiger partial charge in [-0.25, -0.2) is 4.79 Å². The highest BCUT2D eigenvalue weighted by Gasteiger charge is 2.26. The van der Waals surface area contributed by atoms with Crippen molar-refractivity contribution in [1.29, 1.82) is 0 Å². The summed E-state index contributed by atoms with van der Waals surface area (Å²) in [5.74, 6) is 0.617. The van der Waals surface area contributed by atoms with E-state index in [1.165, 1.54) is 19.3 Å². The normalized spacial score (nSPS) is 16.3. The predicted molar refractivity (Wildman–Crippen MR) is 79.3 cm³/mol. The number of carbonyl (C=O) groups excluding carboxylic acids is 1. The van der Waals surface area contributed by atoms with Gasteiger partial charge in [-0.05, 0) is 31.2 Å². The van der Waals surface area contributed by atoms with Crippen LogP contribution < -0.4 is 5.32 Å². The van der Waals surface area contributed by atoms with Gasteiger partial charge in [-0.2, -0.15) is 0 Å². The van der Waals surface area contributed by atoms with Crippen molar-refractivity contribution in [3.05, 3.63) is 35.9 Å². The molecule has 1 saturated carbocycles. The Hall–Kier alpha value is -1.55. The van der Waals surface area contributed by atoms with Gasteiger partial charge in [0, 0.05) is 19.1 Å². The zero-order valence-electron chi connectivity index (χ0n) is 12.1. The minimum Gasteiger partial charge on any atom is -0.395 e. The molecular formula is C16H24N2O2. The van der Waals surface area contributed by atoms with Gasteiger partial charge in [0.15, 0.2) is 0 Å². The van der Waals surface area contributed by atoms with Crippen molar-refractivity contribution in [3.63, 3.8) is 0 Å². The Labute approximate surface area is 120 Å². The molecule has 1 aliphatic carbocycles. The van der Waals surface area contributed by atoms with Crippen LogP contribution in [0.3, 0.4) is 0 Å². The predicted octanol–water partition coefficient (Wildman–Crippen LogP) is 2.38. The number of hydrogen-bond acceptors (Lipinski definition) is 2. The second kappa shape index (κ2) is 7.29. The summed E-state index contributed by atoms with van der Waals surface area (Å²) in [6, 6.07) is 10.00. The lowest BCUT2D eigenvalue weighted by Crippen LogP contribution is -2.48. The first-order valence-electron chi connectivity index (χ1n) is 7.41. The maximum absolute atomic E-state index is 12.3. The molecule has 20 heavy (non-hydrogen) atoms. The molecule has 1 fully saturated rings. The second-order valence-corrected chi connectivity index (χ2v) is 5.56. The van der Waals surface area contributed by atoms with Crippen LogP contribution in [-0.4, -0.2) is 35.2 Å². The van der Waals surface area contributed by atoms with E-state index in [1.54, 1.807) is 4.90 Å². The summed E-state index contributed by atoms with van der Waals surface area (Å²) >= 11 is 0. The zero-order valence-corrected chi connectivity index (χ0v) is 12.1. The highest BCUT2D eigenvalue weighted by molar-refractivity contribution is 5.74. The molecule has 0 bridgehead atoms. The molecule has 4 nitrogen and oxygen atoms in total. The third-order valence-corrected chi connectivity index (χ3v) is 4.08. The van der Waals surface area contributed by atoms with Crippen LogP contribution in [0, 0.1) is 5.92 Å². The molecule has 0 heterocycles. The van der Waals surface area contributed by atoms with Crippen molar-refractivity contribution in [2.45, 2.75) is 38.8 Å². The lowest BCUT2D eigenvalue weighted by atomic mass is 9.80. The van der Waals surface area contributed by atoms with Crippen LogP contribution in [0.25, 0.3) is 0 Å². The van der Waals surface area contributed by atoms with Crippen molar-refractivity contribution >= 4 is 6.03 Å². The summed E-state index contributed by atoms with van der Waals surface area (Å²) in [5, 5.41) is 12.2. The van der Waals surface area contributed by atoms with E-state index < -0.39 is 0 Å². The molecule has 0 saturated heterocycles. The summed E-state index contributed by atoms with van der Waals surface area (Å²) in [6.07, 6.45) is 3.69. The number of carbonyl (C=O) groups is 1. The van der Waals surface area contributed by atoms with Gasteiger partial charge >= 0.3 is 6.03 Å². The molecule has 1 atom stereocenters. The van der Waals surface area contributed by atoms with Gasteiger partial charge in [0.1, 0.15) is 0 Å². The number of benzene rings is 1. The SMILES string of the molecule is CC(NC(=O)N(CCO)Cc1ccccc1)C1CCC1. The zero-order chi connectivity index (χ0) is 14.4. The van der Waals surface area contributed by atoms with Crippen molar-refractivity contribution in [2.24, 2.45) is 5.92 Å². The van der Waals surface area contributed by atoms with E-state index in [4.69, 9.17) is 5.11 Å². The summed E-state index contributed by atoms with van der Waals surface area (Å²) in [5.41, 5.74) is 1.08. The third-order valence-electron chi connectivity index (χ3n) is 4.08. The Morgan fingerprint density at radius 1 is 1.40 bits per heavy atom. The number of nitrogens with one attached hydrogen (secondary N) is 1. The average Bonchev–Trinajstić information content (AvgIpc) is 2.37. The van der Waals surface area contributed by atoms with Gasteiger partial charge in [-0.1, -0.05) is 36.8 Å². The molecule has 1 aliphatic rings. The highest BCUT2D eigenvalue weighted by atomic mass is 16.3. The van der Waals surface area contributed by atoms with E-state index in [-0.39, 0.29) is 18.7 Å². The largest absolute Gasteiger partial charge is 0.395 e. The van der Waals surface area contributed by atoms with Crippen LogP contribution in [0.1, 0.15) is 31.7 Å². The molecular weight excluding hydrogens is 252 g/mol. The fourth-order valence-corrected chi connectivity index (χ4v) is 2.52. The summed E-state index contributed by atoms with van der Waals surface area (Å²) < 4.78 is 0. The first-order valence-corrected chi connectivity index (χ1v) is 7.41. The third kappa shape index (κ3) is 3.97. The number of urea groups is 1. The Kier molecular flexibility index (Phi) is 5.41. The lowest BCUT2D eigenvalue weighted by molar-refractivity contribution is 0.161. The van der Waals surface area contributed by atoms with Crippen LogP contribution in [-0.2, 0) is 6.54 Å². The molecule has 0 spiro atoms. The van der Waals surface area contributed by atoms with E-state index in [1.807, 2.05) is 30.3 Å². The smallest absolute Gasteiger partial charge is 0.317 e. The lowest BCUT2D eigenvalue weighted by Gasteiger charge is -2.33. The van der Waals surface area contributed by atoms with Gasteiger partial charge in [0.25, 0.3) is 0 Å². The fourth-order valence-electron chi connectivity index (χ4n) is 2.52. The number of aliphatic hydroxyl groups excluding tert-OH is 1. The minimum atomic E-state index is -0.0812. The van der Waals surface area contributed by atoms with Crippen molar-refractivity contribution in [2.75, 3.05) is 13.2 Å². The summed E-state index contributed by atoms with van der Waals surface area (Å²) in [6.45, 7) is 2.95. The molecule has 0 aliphatic heterocycles. The number of nitrogens with zero attached hydrogens (tertiary/aromatic N) is 1. The molecule has 0 radical (unpaired) electrons. The van der Waals surface area contributed by atoms with Gasteiger partial charge in [-0.3, -0.25) is 0 Å². The molecule has 4 heteroatoms. The first kappa shape index (κ1) is 14.9. The molecule has 0 aromatic heterocycles. The molecule has 1 unspecified atom stereocenters. The Balaban J connectivity index is 1.91. The first-order chi connectivity index (χ1) is 9.70. The standard InChI is InChI=1S/C16H24N2O2/c1-13(15-8-5-9-15)17-16(20)18(10-11-19)12-14-6-3-2-4-7-14/h2-4,6-7,13,15,19H,5,8-12H2,1H3,(H,17,20). The molecule has 2 rings (SSSR count). The van der Waals surface area contributed by atoms with Gasteiger partial charge in [0.05, 0.1) is 6.61 Å². The molecule has 1 aromatic carbocycles. The monoisotopic (exact) mass is 276 g/mol. The number of rotatable bonds is 6. The van der Waals surface area contributed by atoms with Crippen LogP contribution in [0.15, 0.2) is 30.3 Å². The topological polar surface area (TPSA) is 52.6 Å².